The van der Waals surface area contributed by atoms with E-state index in [4.69, 9.17) is 0 Å². The van der Waals surface area contributed by atoms with E-state index in [1.54, 1.807) is 0 Å². The number of carbonyl (C=O) groups is 1. The Balaban J connectivity index is 1.90. The molecule has 3 nitrogen and oxygen atoms in total. The second kappa shape index (κ2) is 5.85. The Labute approximate surface area is 112 Å². The molecule has 0 bridgehead atoms. The summed E-state index contributed by atoms with van der Waals surface area (Å²) in [4.78, 5) is 12.0. The summed E-state index contributed by atoms with van der Waals surface area (Å²) in [6.07, 6.45) is 6.11. The van der Waals surface area contributed by atoms with Gasteiger partial charge < -0.3 is 10.4 Å². The zero-order valence-corrected chi connectivity index (χ0v) is 11.7. The first-order chi connectivity index (χ1) is 8.61. The van der Waals surface area contributed by atoms with Gasteiger partial charge >= 0.3 is 0 Å². The van der Waals surface area contributed by atoms with Crippen molar-refractivity contribution in [3.05, 3.63) is 21.9 Å². The number of thiophene rings is 1. The Morgan fingerprint density at radius 1 is 1.33 bits per heavy atom. The van der Waals surface area contributed by atoms with E-state index in [0.717, 1.165) is 36.8 Å². The molecule has 2 rings (SSSR count). The van der Waals surface area contributed by atoms with Crippen molar-refractivity contribution < 1.29 is 9.90 Å². The molecule has 1 fully saturated rings. The molecule has 1 aromatic rings. The Morgan fingerprint density at radius 3 is 2.56 bits per heavy atom. The molecule has 0 aromatic carbocycles. The minimum absolute atomic E-state index is 0.0635. The quantitative estimate of drug-likeness (QED) is 0.827. The lowest BCUT2D eigenvalue weighted by Gasteiger charge is -2.26. The second-order valence-corrected chi connectivity index (χ2v) is 6.03. The zero-order chi connectivity index (χ0) is 13.0. The van der Waals surface area contributed by atoms with Crippen LogP contribution in [0.3, 0.4) is 0 Å². The highest BCUT2D eigenvalue weighted by molar-refractivity contribution is 7.08. The monoisotopic (exact) mass is 267 g/mol. The fourth-order valence-electron chi connectivity index (χ4n) is 2.50. The summed E-state index contributed by atoms with van der Waals surface area (Å²) in [5.74, 6) is -0.0635. The van der Waals surface area contributed by atoms with Crippen molar-refractivity contribution in [1.29, 1.82) is 0 Å². The van der Waals surface area contributed by atoms with Crippen molar-refractivity contribution in [1.82, 2.24) is 5.32 Å². The molecule has 1 heterocycles. The number of hydrogen-bond acceptors (Lipinski definition) is 3. The Morgan fingerprint density at radius 2 is 2.00 bits per heavy atom. The molecule has 1 aromatic heterocycles. The molecule has 0 atom stereocenters. The summed E-state index contributed by atoms with van der Waals surface area (Å²) in [5.41, 5.74) is 1.04. The van der Waals surface area contributed by atoms with Crippen LogP contribution in [0.5, 0.6) is 0 Å². The topological polar surface area (TPSA) is 49.3 Å². The zero-order valence-electron chi connectivity index (χ0n) is 10.9. The fourth-order valence-corrected chi connectivity index (χ4v) is 3.32. The maximum Gasteiger partial charge on any atom is 0.252 e. The van der Waals surface area contributed by atoms with Crippen LogP contribution in [0.15, 0.2) is 10.8 Å². The van der Waals surface area contributed by atoms with Crippen molar-refractivity contribution >= 4 is 17.2 Å². The van der Waals surface area contributed by atoms with Crippen molar-refractivity contribution in [3.8, 4) is 0 Å². The third-order valence-electron chi connectivity index (χ3n) is 3.71. The van der Waals surface area contributed by atoms with E-state index < -0.39 is 5.60 Å². The lowest BCUT2D eigenvalue weighted by atomic mass is 9.94. The highest BCUT2D eigenvalue weighted by atomic mass is 32.1. The van der Waals surface area contributed by atoms with Crippen molar-refractivity contribution in [3.63, 3.8) is 0 Å². The molecule has 1 saturated carbocycles. The van der Waals surface area contributed by atoms with Gasteiger partial charge in [0.05, 0.1) is 11.2 Å². The molecular formula is C14H21NO2S. The molecule has 0 spiro atoms. The molecule has 0 saturated heterocycles. The highest BCUT2D eigenvalue weighted by Crippen LogP contribution is 2.26. The smallest absolute Gasteiger partial charge is 0.252 e. The van der Waals surface area contributed by atoms with Crippen LogP contribution in [-0.2, 0) is 0 Å². The van der Waals surface area contributed by atoms with Gasteiger partial charge in [0.25, 0.3) is 5.91 Å². The first-order valence-corrected chi connectivity index (χ1v) is 7.58. The van der Waals surface area contributed by atoms with Crippen LogP contribution in [0.2, 0.25) is 0 Å². The standard InChI is InChI=1S/C14H21NO2S/c1-11-8-18-9-12(11)13(16)15-10-14(17)6-4-2-3-5-7-14/h8-9,17H,2-7,10H2,1H3,(H,15,16). The van der Waals surface area contributed by atoms with Crippen LogP contribution in [0.4, 0.5) is 0 Å². The Bertz CT molecular complexity index is 406. The van der Waals surface area contributed by atoms with Gasteiger partial charge in [-0.15, -0.1) is 0 Å². The van der Waals surface area contributed by atoms with Crippen molar-refractivity contribution in [2.24, 2.45) is 0 Å². The average Bonchev–Trinajstić information content (AvgIpc) is 2.65. The molecule has 1 aliphatic rings. The number of nitrogens with one attached hydrogen (secondary N) is 1. The lowest BCUT2D eigenvalue weighted by Crippen LogP contribution is -2.42. The number of carbonyl (C=O) groups excluding carboxylic acids is 1. The summed E-state index contributed by atoms with van der Waals surface area (Å²) < 4.78 is 0. The summed E-state index contributed by atoms with van der Waals surface area (Å²) in [7, 11) is 0. The average molecular weight is 267 g/mol. The summed E-state index contributed by atoms with van der Waals surface area (Å²) in [5, 5.41) is 17.2. The van der Waals surface area contributed by atoms with Crippen LogP contribution in [-0.4, -0.2) is 23.2 Å². The van der Waals surface area contributed by atoms with Gasteiger partial charge in [0.1, 0.15) is 0 Å². The van der Waals surface area contributed by atoms with E-state index in [2.05, 4.69) is 5.32 Å². The van der Waals surface area contributed by atoms with Crippen LogP contribution in [0, 0.1) is 6.92 Å². The molecular weight excluding hydrogens is 246 g/mol. The second-order valence-electron chi connectivity index (χ2n) is 5.29. The molecule has 2 N–H and O–H groups in total. The van der Waals surface area contributed by atoms with Gasteiger partial charge in [0.2, 0.25) is 0 Å². The molecule has 0 unspecified atom stereocenters. The highest BCUT2D eigenvalue weighted by Gasteiger charge is 2.28. The minimum Gasteiger partial charge on any atom is -0.388 e. The Hall–Kier alpha value is -0.870. The van der Waals surface area contributed by atoms with Crippen LogP contribution < -0.4 is 5.32 Å². The number of aliphatic hydroxyl groups is 1. The van der Waals surface area contributed by atoms with Gasteiger partial charge in [-0.1, -0.05) is 25.7 Å². The van der Waals surface area contributed by atoms with Gasteiger partial charge in [-0.05, 0) is 30.7 Å². The van der Waals surface area contributed by atoms with Gasteiger partial charge in [-0.3, -0.25) is 4.79 Å². The van der Waals surface area contributed by atoms with E-state index >= 15 is 0 Å². The maximum atomic E-state index is 12.0. The first-order valence-electron chi connectivity index (χ1n) is 6.64. The van der Waals surface area contributed by atoms with E-state index in [1.807, 2.05) is 17.7 Å². The molecule has 1 amide bonds. The minimum atomic E-state index is -0.698. The van der Waals surface area contributed by atoms with E-state index in [0.29, 0.717) is 6.54 Å². The summed E-state index contributed by atoms with van der Waals surface area (Å²) in [6, 6.07) is 0. The van der Waals surface area contributed by atoms with Crippen LogP contribution in [0.25, 0.3) is 0 Å². The SMILES string of the molecule is Cc1cscc1C(=O)NCC1(O)CCCCCC1. The van der Waals surface area contributed by atoms with Gasteiger partial charge in [-0.2, -0.15) is 11.3 Å². The van der Waals surface area contributed by atoms with Crippen molar-refractivity contribution in [2.75, 3.05) is 6.54 Å². The third kappa shape index (κ3) is 3.33. The molecule has 1 aliphatic carbocycles. The molecule has 18 heavy (non-hydrogen) atoms. The maximum absolute atomic E-state index is 12.0. The van der Waals surface area contributed by atoms with Crippen LogP contribution >= 0.6 is 11.3 Å². The predicted molar refractivity (Wildman–Crippen MR) is 74.0 cm³/mol. The first kappa shape index (κ1) is 13.6. The largest absolute Gasteiger partial charge is 0.388 e. The fraction of sp³-hybridized carbons (Fsp3) is 0.643. The van der Waals surface area contributed by atoms with E-state index in [-0.39, 0.29) is 5.91 Å². The lowest BCUT2D eigenvalue weighted by molar-refractivity contribution is 0.0246. The summed E-state index contributed by atoms with van der Waals surface area (Å²) in [6.45, 7) is 2.31. The van der Waals surface area contributed by atoms with Crippen molar-refractivity contribution in [2.45, 2.75) is 51.0 Å². The predicted octanol–water partition coefficient (Wildman–Crippen LogP) is 2.87. The van der Waals surface area contributed by atoms with Gasteiger partial charge in [-0.25, -0.2) is 0 Å². The van der Waals surface area contributed by atoms with E-state index in [9.17, 15) is 9.90 Å². The number of rotatable bonds is 3. The normalized spacial score (nSPS) is 19.2. The molecule has 4 heteroatoms. The van der Waals surface area contributed by atoms with Gasteiger partial charge in [0, 0.05) is 11.9 Å². The molecule has 100 valence electrons. The number of hydrogen-bond donors (Lipinski definition) is 2. The molecule has 0 aliphatic heterocycles. The Kier molecular flexibility index (Phi) is 4.40. The third-order valence-corrected chi connectivity index (χ3v) is 4.57. The summed E-state index contributed by atoms with van der Waals surface area (Å²) >= 11 is 1.54. The number of amides is 1. The van der Waals surface area contributed by atoms with Gasteiger partial charge in [0.15, 0.2) is 0 Å². The van der Waals surface area contributed by atoms with E-state index in [1.165, 1.54) is 24.2 Å². The van der Waals surface area contributed by atoms with Crippen LogP contribution in [0.1, 0.15) is 54.4 Å². The number of aryl methyl sites for hydroxylation is 1. The molecule has 0 radical (unpaired) electrons.